The maximum Gasteiger partial charge on any atom is 0.327 e. The molecule has 0 amide bonds. The summed E-state index contributed by atoms with van der Waals surface area (Å²) in [6, 6.07) is -0.745. The number of hydrogen-bond acceptors (Lipinski definition) is 3. The van der Waals surface area contributed by atoms with E-state index in [1.165, 1.54) is 0 Å². The summed E-state index contributed by atoms with van der Waals surface area (Å²) in [5.74, 6) is -0.993. The van der Waals surface area contributed by atoms with Crippen LogP contribution in [-0.2, 0) is 4.79 Å². The third-order valence-electron chi connectivity index (χ3n) is 1.70. The summed E-state index contributed by atoms with van der Waals surface area (Å²) in [4.78, 5) is 10.5. The van der Waals surface area contributed by atoms with Crippen molar-refractivity contribution in [1.82, 2.24) is 5.32 Å². The molecular formula is C7H12N2O2. The van der Waals surface area contributed by atoms with Gasteiger partial charge in [-0.25, -0.2) is 4.79 Å². The first-order valence-corrected chi connectivity index (χ1v) is 3.50. The van der Waals surface area contributed by atoms with E-state index in [2.05, 4.69) is 5.32 Å². The quantitative estimate of drug-likeness (QED) is 0.460. The number of hydrogen-bond donors (Lipinski definition) is 2. The van der Waals surface area contributed by atoms with Crippen molar-refractivity contribution >= 4 is 5.97 Å². The molecule has 2 N–H and O–H groups in total. The molecule has 0 aliphatic heterocycles. The van der Waals surface area contributed by atoms with Gasteiger partial charge in [-0.15, -0.1) is 0 Å². The molecule has 0 unspecified atom stereocenters. The number of carbonyl (C=O) groups is 1. The van der Waals surface area contributed by atoms with E-state index in [4.69, 9.17) is 10.4 Å². The molecule has 0 saturated heterocycles. The van der Waals surface area contributed by atoms with Gasteiger partial charge in [0, 0.05) is 0 Å². The largest absolute Gasteiger partial charge is 0.480 e. The minimum absolute atomic E-state index is 0.0212. The summed E-state index contributed by atoms with van der Waals surface area (Å²) in [6.07, 6.45) is 2.38. The molecule has 0 bridgehead atoms. The zero-order valence-corrected chi connectivity index (χ0v) is 6.66. The lowest BCUT2D eigenvalue weighted by Gasteiger charge is -2.15. The second-order valence-corrected chi connectivity index (χ2v) is 2.46. The minimum atomic E-state index is -0.971. The van der Waals surface area contributed by atoms with Crippen LogP contribution in [0.4, 0.5) is 0 Å². The van der Waals surface area contributed by atoms with Crippen molar-refractivity contribution in [1.29, 1.82) is 5.26 Å². The van der Waals surface area contributed by atoms with Gasteiger partial charge in [-0.05, 0) is 5.92 Å². The van der Waals surface area contributed by atoms with Crippen LogP contribution in [0.3, 0.4) is 0 Å². The van der Waals surface area contributed by atoms with E-state index in [1.807, 2.05) is 6.92 Å². The Morgan fingerprint density at radius 2 is 2.36 bits per heavy atom. The van der Waals surface area contributed by atoms with Gasteiger partial charge in [-0.3, -0.25) is 0 Å². The maximum atomic E-state index is 10.5. The Kier molecular flexibility index (Phi) is 4.04. The predicted octanol–water partition coefficient (Wildman–Crippen LogP) is 0.556. The fraction of sp³-hybridized carbons (Fsp3) is 0.714. The zero-order chi connectivity index (χ0) is 8.85. The molecular weight excluding hydrogens is 144 g/mol. The number of carboxylic acid groups (broad SMARTS) is 1. The van der Waals surface area contributed by atoms with Crippen LogP contribution in [0.25, 0.3) is 0 Å². The van der Waals surface area contributed by atoms with Gasteiger partial charge in [-0.2, -0.15) is 5.26 Å². The summed E-state index contributed by atoms with van der Waals surface area (Å²) in [5, 5.41) is 19.0. The normalized spacial score (nSPS) is 14.6. The van der Waals surface area contributed by atoms with E-state index >= 15 is 0 Å². The van der Waals surface area contributed by atoms with E-state index in [0.717, 1.165) is 6.42 Å². The van der Waals surface area contributed by atoms with Crippen molar-refractivity contribution in [2.24, 2.45) is 5.92 Å². The summed E-state index contributed by atoms with van der Waals surface area (Å²) < 4.78 is 0. The van der Waals surface area contributed by atoms with E-state index in [9.17, 15) is 4.79 Å². The Hall–Kier alpha value is -1.24. The third kappa shape index (κ3) is 2.89. The van der Waals surface area contributed by atoms with Crippen LogP contribution < -0.4 is 5.32 Å². The molecule has 0 spiro atoms. The van der Waals surface area contributed by atoms with Gasteiger partial charge >= 0.3 is 5.97 Å². The number of nitrogens with one attached hydrogen (secondary N) is 1. The monoisotopic (exact) mass is 156 g/mol. The van der Waals surface area contributed by atoms with Crippen LogP contribution in [0.2, 0.25) is 0 Å². The third-order valence-corrected chi connectivity index (χ3v) is 1.70. The van der Waals surface area contributed by atoms with Crippen molar-refractivity contribution in [2.45, 2.75) is 26.3 Å². The minimum Gasteiger partial charge on any atom is -0.480 e. The molecule has 4 heteroatoms. The van der Waals surface area contributed by atoms with Gasteiger partial charge in [0.15, 0.2) is 6.19 Å². The van der Waals surface area contributed by atoms with Crippen molar-refractivity contribution in [3.05, 3.63) is 0 Å². The fourth-order valence-electron chi connectivity index (χ4n) is 0.753. The lowest BCUT2D eigenvalue weighted by molar-refractivity contribution is -0.140. The summed E-state index contributed by atoms with van der Waals surface area (Å²) in [7, 11) is 0. The fourth-order valence-corrected chi connectivity index (χ4v) is 0.753. The van der Waals surface area contributed by atoms with Gasteiger partial charge < -0.3 is 10.4 Å². The lowest BCUT2D eigenvalue weighted by atomic mass is 10.00. The van der Waals surface area contributed by atoms with Crippen LogP contribution >= 0.6 is 0 Å². The molecule has 4 nitrogen and oxygen atoms in total. The number of aliphatic carboxylic acids is 1. The Morgan fingerprint density at radius 1 is 1.82 bits per heavy atom. The van der Waals surface area contributed by atoms with E-state index in [0.29, 0.717) is 0 Å². The van der Waals surface area contributed by atoms with E-state index < -0.39 is 12.0 Å². The van der Waals surface area contributed by atoms with Gasteiger partial charge in [0.25, 0.3) is 0 Å². The topological polar surface area (TPSA) is 73.1 Å². The first-order valence-electron chi connectivity index (χ1n) is 3.50. The second-order valence-electron chi connectivity index (χ2n) is 2.46. The molecule has 0 heterocycles. The van der Waals surface area contributed by atoms with Crippen LogP contribution in [0.1, 0.15) is 20.3 Å². The molecule has 0 aliphatic rings. The first kappa shape index (κ1) is 9.76. The van der Waals surface area contributed by atoms with Crippen molar-refractivity contribution in [2.75, 3.05) is 0 Å². The highest BCUT2D eigenvalue weighted by Gasteiger charge is 2.22. The second kappa shape index (κ2) is 4.56. The van der Waals surface area contributed by atoms with Crippen LogP contribution in [0, 0.1) is 17.4 Å². The van der Waals surface area contributed by atoms with E-state index in [-0.39, 0.29) is 5.92 Å². The molecule has 11 heavy (non-hydrogen) atoms. The lowest BCUT2D eigenvalue weighted by Crippen LogP contribution is -2.38. The van der Waals surface area contributed by atoms with Crippen LogP contribution in [-0.4, -0.2) is 17.1 Å². The van der Waals surface area contributed by atoms with Gasteiger partial charge in [0.1, 0.15) is 6.04 Å². The Labute approximate surface area is 65.8 Å². The van der Waals surface area contributed by atoms with Crippen LogP contribution in [0.15, 0.2) is 0 Å². The predicted molar refractivity (Wildman–Crippen MR) is 39.6 cm³/mol. The average molecular weight is 156 g/mol. The molecule has 0 radical (unpaired) electrons. The summed E-state index contributed by atoms with van der Waals surface area (Å²) >= 11 is 0. The molecule has 0 aliphatic carbocycles. The number of carboxylic acids is 1. The first-order chi connectivity index (χ1) is 5.13. The molecule has 0 rings (SSSR count). The van der Waals surface area contributed by atoms with Gasteiger partial charge in [0.05, 0.1) is 0 Å². The summed E-state index contributed by atoms with van der Waals surface area (Å²) in [6.45, 7) is 3.68. The molecule has 0 aromatic heterocycles. The number of nitrogens with zero attached hydrogens (tertiary/aromatic N) is 1. The Bertz CT molecular complexity index is 174. The van der Waals surface area contributed by atoms with Crippen molar-refractivity contribution in [3.63, 3.8) is 0 Å². The average Bonchev–Trinajstić information content (AvgIpc) is 1.98. The molecule has 0 fully saturated rings. The Morgan fingerprint density at radius 3 is 2.64 bits per heavy atom. The van der Waals surface area contributed by atoms with Crippen LogP contribution in [0.5, 0.6) is 0 Å². The zero-order valence-electron chi connectivity index (χ0n) is 6.66. The molecule has 0 aromatic carbocycles. The van der Waals surface area contributed by atoms with Gasteiger partial charge in [-0.1, -0.05) is 20.3 Å². The van der Waals surface area contributed by atoms with E-state index in [1.54, 1.807) is 13.1 Å². The van der Waals surface area contributed by atoms with Crippen molar-refractivity contribution in [3.8, 4) is 6.19 Å². The SMILES string of the molecule is CC[C@H](C)[C@H](NC#N)C(=O)O. The smallest absolute Gasteiger partial charge is 0.327 e. The molecule has 2 atom stereocenters. The van der Waals surface area contributed by atoms with Crippen molar-refractivity contribution < 1.29 is 9.90 Å². The van der Waals surface area contributed by atoms with Gasteiger partial charge in [0.2, 0.25) is 0 Å². The highest BCUT2D eigenvalue weighted by molar-refractivity contribution is 5.74. The number of rotatable bonds is 4. The highest BCUT2D eigenvalue weighted by Crippen LogP contribution is 2.06. The highest BCUT2D eigenvalue weighted by atomic mass is 16.4. The molecule has 0 saturated carbocycles. The molecule has 0 aromatic rings. The standard InChI is InChI=1S/C7H12N2O2/c1-3-5(2)6(7(10)11)9-4-8/h5-6,9H,3H2,1-2H3,(H,10,11)/t5-,6-/m0/s1. The Balaban J connectivity index is 4.11. The maximum absolute atomic E-state index is 10.5. The number of nitriles is 1. The molecule has 62 valence electrons. The summed E-state index contributed by atoms with van der Waals surface area (Å²) in [5.41, 5.74) is 0.